The van der Waals surface area contributed by atoms with E-state index in [-0.39, 0.29) is 23.5 Å². The number of nitrogen functional groups attached to an aromatic ring is 1. The predicted octanol–water partition coefficient (Wildman–Crippen LogP) is -0.916. The second-order valence-electron chi connectivity index (χ2n) is 6.78. The van der Waals surface area contributed by atoms with Gasteiger partial charge in [0.05, 0.1) is 19.0 Å². The van der Waals surface area contributed by atoms with Gasteiger partial charge in [0.2, 0.25) is 5.95 Å². The highest BCUT2D eigenvalue weighted by molar-refractivity contribution is 7.66. The van der Waals surface area contributed by atoms with Crippen molar-refractivity contribution in [2.24, 2.45) is 0 Å². The van der Waals surface area contributed by atoms with Crippen molar-refractivity contribution < 1.29 is 56.3 Å². The van der Waals surface area contributed by atoms with Crippen molar-refractivity contribution >= 4 is 40.6 Å². The van der Waals surface area contributed by atoms with Gasteiger partial charge in [-0.25, -0.2) is 18.7 Å². The number of aromatic amines is 1. The van der Waals surface area contributed by atoms with Crippen molar-refractivity contribution in [1.29, 1.82) is 0 Å². The van der Waals surface area contributed by atoms with E-state index in [1.165, 1.54) is 17.8 Å². The van der Waals surface area contributed by atoms with Gasteiger partial charge >= 0.3 is 23.5 Å². The van der Waals surface area contributed by atoms with E-state index in [4.69, 9.17) is 20.3 Å². The second-order valence-corrected chi connectivity index (χ2v) is 11.2. The summed E-state index contributed by atoms with van der Waals surface area (Å²) in [5.74, 6) is -0.196. The number of nitrogens with zero attached hydrogens (tertiary/aromatic N) is 3. The molecule has 0 aromatic carbocycles. The topological polar surface area (TPSA) is 279 Å². The third-order valence-corrected chi connectivity index (χ3v) is 8.01. The number of hydrogen-bond acceptors (Lipinski definition) is 12. The SMILES string of the molecule is C[C@]1(COP(=O)(O)OP(=O)(O)OP(=O)(O)O)O[C@@H](n2cnc3c(=O)[nH]c(N)nc32)C[C@@H]1O. The number of imidazole rings is 1. The number of rotatable bonds is 8. The van der Waals surface area contributed by atoms with Gasteiger partial charge in [-0.05, 0) is 6.92 Å². The highest BCUT2D eigenvalue weighted by Crippen LogP contribution is 2.66. The van der Waals surface area contributed by atoms with Crippen LogP contribution in [0.2, 0.25) is 0 Å². The van der Waals surface area contributed by atoms with Crippen LogP contribution in [0, 0.1) is 0 Å². The fourth-order valence-electron chi connectivity index (χ4n) is 2.85. The molecule has 18 nitrogen and oxygen atoms in total. The van der Waals surface area contributed by atoms with Gasteiger partial charge < -0.3 is 35.2 Å². The van der Waals surface area contributed by atoms with Gasteiger partial charge in [-0.3, -0.25) is 18.9 Å². The Balaban J connectivity index is 1.73. The first-order chi connectivity index (χ1) is 14.5. The van der Waals surface area contributed by atoms with Crippen LogP contribution in [-0.2, 0) is 31.6 Å². The lowest BCUT2D eigenvalue weighted by Crippen LogP contribution is -2.40. The Bertz CT molecular complexity index is 1220. The summed E-state index contributed by atoms with van der Waals surface area (Å²) in [5.41, 5.74) is 3.22. The monoisotopic (exact) mass is 521 g/mol. The number of anilines is 1. The maximum atomic E-state index is 11.9. The fourth-order valence-corrected chi connectivity index (χ4v) is 5.96. The number of H-pyrrole nitrogens is 1. The second kappa shape index (κ2) is 8.36. The first kappa shape index (κ1) is 25.1. The maximum absolute atomic E-state index is 11.9. The lowest BCUT2D eigenvalue weighted by atomic mass is 10.0. The molecule has 1 saturated heterocycles. The molecule has 0 spiro atoms. The van der Waals surface area contributed by atoms with Crippen LogP contribution in [0.1, 0.15) is 19.6 Å². The van der Waals surface area contributed by atoms with Crippen molar-refractivity contribution in [3.8, 4) is 0 Å². The molecule has 0 radical (unpaired) electrons. The van der Waals surface area contributed by atoms with Gasteiger partial charge in [-0.15, -0.1) is 0 Å². The number of nitrogens with two attached hydrogens (primary N) is 1. The molecule has 2 unspecified atom stereocenters. The molecule has 3 heterocycles. The molecule has 1 aliphatic heterocycles. The van der Waals surface area contributed by atoms with E-state index >= 15 is 0 Å². The van der Waals surface area contributed by atoms with Gasteiger partial charge in [-0.2, -0.15) is 13.6 Å². The summed E-state index contributed by atoms with van der Waals surface area (Å²) in [6, 6.07) is 0. The number of phosphoric acid groups is 3. The maximum Gasteiger partial charge on any atom is 0.490 e. The van der Waals surface area contributed by atoms with Crippen LogP contribution in [0.3, 0.4) is 0 Å². The van der Waals surface area contributed by atoms with Crippen molar-refractivity contribution in [2.45, 2.75) is 31.3 Å². The van der Waals surface area contributed by atoms with Gasteiger partial charge in [0.25, 0.3) is 5.56 Å². The Kier molecular flexibility index (Phi) is 6.56. The van der Waals surface area contributed by atoms with Crippen LogP contribution in [0.4, 0.5) is 5.95 Å². The summed E-state index contributed by atoms with van der Waals surface area (Å²) >= 11 is 0. The highest BCUT2D eigenvalue weighted by atomic mass is 31.3. The minimum atomic E-state index is -5.69. The molecular weight excluding hydrogens is 503 g/mol. The van der Waals surface area contributed by atoms with Crippen molar-refractivity contribution in [3.63, 3.8) is 0 Å². The first-order valence-corrected chi connectivity index (χ1v) is 12.9. The van der Waals surface area contributed by atoms with Gasteiger partial charge in [-0.1, -0.05) is 0 Å². The van der Waals surface area contributed by atoms with E-state index < -0.39 is 53.6 Å². The van der Waals surface area contributed by atoms with E-state index in [0.717, 1.165) is 0 Å². The normalized spacial score (nSPS) is 27.9. The predicted molar refractivity (Wildman–Crippen MR) is 102 cm³/mol. The summed E-state index contributed by atoms with van der Waals surface area (Å²) in [5, 5.41) is 10.4. The number of ether oxygens (including phenoxy) is 1. The Hall–Kier alpha value is -1.52. The third kappa shape index (κ3) is 5.69. The number of hydrogen-bond donors (Lipinski definition) is 7. The third-order valence-electron chi connectivity index (χ3n) is 4.23. The minimum Gasteiger partial charge on any atom is -0.390 e. The van der Waals surface area contributed by atoms with Crippen LogP contribution >= 0.6 is 23.5 Å². The molecule has 1 fully saturated rings. The zero-order valence-corrected chi connectivity index (χ0v) is 18.6. The molecule has 2 aromatic heterocycles. The average molecular weight is 521 g/mol. The van der Waals surface area contributed by atoms with E-state index in [0.29, 0.717) is 0 Å². The summed E-state index contributed by atoms with van der Waals surface area (Å²) in [6.45, 7) is 0.396. The molecule has 3 rings (SSSR count). The van der Waals surface area contributed by atoms with Gasteiger partial charge in [0.15, 0.2) is 11.2 Å². The number of fused-ring (bicyclic) bond motifs is 1. The van der Waals surface area contributed by atoms with E-state index in [2.05, 4.69) is 28.1 Å². The van der Waals surface area contributed by atoms with E-state index in [9.17, 15) is 33.4 Å². The molecule has 0 bridgehead atoms. The molecular formula is C11H18N5O13P3. The molecule has 5 atom stereocenters. The Labute approximate surface area is 177 Å². The molecule has 0 aliphatic carbocycles. The molecule has 8 N–H and O–H groups in total. The van der Waals surface area contributed by atoms with E-state index in [1.54, 1.807) is 0 Å². The molecule has 180 valence electrons. The zero-order valence-electron chi connectivity index (χ0n) is 15.9. The number of aliphatic hydroxyl groups is 1. The largest absolute Gasteiger partial charge is 0.490 e. The lowest BCUT2D eigenvalue weighted by molar-refractivity contribution is -0.113. The Morgan fingerprint density at radius 1 is 1.28 bits per heavy atom. The van der Waals surface area contributed by atoms with Crippen molar-refractivity contribution in [1.82, 2.24) is 19.5 Å². The zero-order chi connectivity index (χ0) is 24.1. The number of aromatic nitrogens is 4. The molecule has 0 amide bonds. The summed E-state index contributed by atoms with van der Waals surface area (Å²) in [7, 11) is -16.7. The van der Waals surface area contributed by atoms with Crippen LogP contribution in [0.25, 0.3) is 11.2 Å². The molecule has 0 saturated carbocycles. The highest BCUT2D eigenvalue weighted by Gasteiger charge is 2.48. The van der Waals surface area contributed by atoms with Crippen molar-refractivity contribution in [3.05, 3.63) is 16.7 Å². The lowest BCUT2D eigenvalue weighted by Gasteiger charge is -2.28. The standard InChI is InChI=1S/C11H18N5O13P3/c1-11(3-26-31(22,23)29-32(24,25)28-30(19,20)21)5(17)2-6(27-11)16-4-13-7-8(16)14-10(12)15-9(7)18/h4-6,17H,2-3H2,1H3,(H,22,23)(H,24,25)(H2,19,20,21)(H3,12,14,15,18)/t5-,6+,11+/m0/s1. The average Bonchev–Trinajstić information content (AvgIpc) is 3.12. The minimum absolute atomic E-state index is 0.0422. The molecule has 21 heteroatoms. The van der Waals surface area contributed by atoms with Crippen LogP contribution in [0.15, 0.2) is 11.1 Å². The summed E-state index contributed by atoms with van der Waals surface area (Å²) < 4.78 is 52.7. The summed E-state index contributed by atoms with van der Waals surface area (Å²) in [6.07, 6.45) is -1.21. The number of phosphoric ester groups is 1. The van der Waals surface area contributed by atoms with Crippen LogP contribution in [0.5, 0.6) is 0 Å². The summed E-state index contributed by atoms with van der Waals surface area (Å²) in [4.78, 5) is 57.8. The van der Waals surface area contributed by atoms with Crippen molar-refractivity contribution in [2.75, 3.05) is 12.3 Å². The van der Waals surface area contributed by atoms with Crippen LogP contribution < -0.4 is 11.3 Å². The van der Waals surface area contributed by atoms with Gasteiger partial charge in [0, 0.05) is 6.42 Å². The first-order valence-electron chi connectivity index (χ1n) is 8.37. The Morgan fingerprint density at radius 3 is 2.56 bits per heavy atom. The molecule has 32 heavy (non-hydrogen) atoms. The Morgan fingerprint density at radius 2 is 1.94 bits per heavy atom. The van der Waals surface area contributed by atoms with E-state index in [1.807, 2.05) is 0 Å². The molecule has 2 aromatic rings. The number of nitrogens with one attached hydrogen (secondary N) is 1. The quantitative estimate of drug-likeness (QED) is 0.207. The fraction of sp³-hybridized carbons (Fsp3) is 0.545. The number of aliphatic hydroxyl groups excluding tert-OH is 1. The molecule has 1 aliphatic rings. The smallest absolute Gasteiger partial charge is 0.390 e. The van der Waals surface area contributed by atoms with Gasteiger partial charge in [0.1, 0.15) is 11.8 Å². The van der Waals surface area contributed by atoms with Crippen LogP contribution in [-0.4, -0.2) is 62.5 Å².